The summed E-state index contributed by atoms with van der Waals surface area (Å²) < 4.78 is 1.09. The molecule has 0 fully saturated rings. The summed E-state index contributed by atoms with van der Waals surface area (Å²) >= 11 is 1.54. The molecule has 0 amide bonds. The minimum atomic E-state index is -1.06. The molecule has 6 nitrogen and oxygen atoms in total. The van der Waals surface area contributed by atoms with Crippen LogP contribution in [-0.4, -0.2) is 26.1 Å². The van der Waals surface area contributed by atoms with Crippen LogP contribution < -0.4 is 5.56 Å². The van der Waals surface area contributed by atoms with E-state index < -0.39 is 12.0 Å². The van der Waals surface area contributed by atoms with E-state index in [0.29, 0.717) is 22.6 Å². The zero-order valence-electron chi connectivity index (χ0n) is 18.5. The number of aromatic nitrogens is 3. The van der Waals surface area contributed by atoms with E-state index in [1.54, 1.807) is 0 Å². The first-order valence-electron chi connectivity index (χ1n) is 10.8. The lowest BCUT2D eigenvalue weighted by Crippen LogP contribution is -2.33. The van der Waals surface area contributed by atoms with Gasteiger partial charge < -0.3 is 5.11 Å². The van der Waals surface area contributed by atoms with E-state index in [9.17, 15) is 14.7 Å². The van der Waals surface area contributed by atoms with Crippen molar-refractivity contribution in [2.75, 3.05) is 0 Å². The van der Waals surface area contributed by atoms with Crippen molar-refractivity contribution in [1.82, 2.24) is 15.0 Å². The average molecular weight is 440 g/mol. The maximum absolute atomic E-state index is 13.3. The van der Waals surface area contributed by atoms with Crippen molar-refractivity contribution in [2.24, 2.45) is 11.3 Å². The van der Waals surface area contributed by atoms with E-state index in [1.807, 2.05) is 31.2 Å². The average Bonchev–Trinajstić information content (AvgIpc) is 3.08. The van der Waals surface area contributed by atoms with Crippen LogP contribution in [-0.2, 0) is 24.1 Å². The fourth-order valence-corrected chi connectivity index (χ4v) is 5.69. The van der Waals surface area contributed by atoms with Crippen LogP contribution in [0.5, 0.6) is 0 Å². The molecular formula is C24H29N3O3S. The molecule has 0 aliphatic heterocycles. The van der Waals surface area contributed by atoms with E-state index in [2.05, 4.69) is 31.1 Å². The second-order valence-electron chi connectivity index (χ2n) is 9.71. The summed E-state index contributed by atoms with van der Waals surface area (Å²) in [7, 11) is 0. The fraction of sp³-hybridized carbons (Fsp3) is 0.500. The number of fused-ring (bicyclic) bond motifs is 3. The third kappa shape index (κ3) is 4.28. The zero-order chi connectivity index (χ0) is 22.3. The summed E-state index contributed by atoms with van der Waals surface area (Å²) in [5.74, 6) is -0.496. The van der Waals surface area contributed by atoms with Gasteiger partial charge in [0.15, 0.2) is 10.9 Å². The number of aryl methyl sites for hydroxylation is 3. The third-order valence-electron chi connectivity index (χ3n) is 6.53. The molecule has 1 N–H and O–H groups in total. The van der Waals surface area contributed by atoms with Gasteiger partial charge in [0.05, 0.1) is 5.39 Å². The van der Waals surface area contributed by atoms with Crippen molar-refractivity contribution in [2.45, 2.75) is 65.8 Å². The van der Waals surface area contributed by atoms with Crippen LogP contribution in [0.1, 0.15) is 61.2 Å². The Kier molecular flexibility index (Phi) is 5.73. The van der Waals surface area contributed by atoms with Crippen LogP contribution in [0, 0.1) is 18.3 Å². The minimum absolute atomic E-state index is 0.212. The number of carboxylic acids is 1. The van der Waals surface area contributed by atoms with Gasteiger partial charge in [-0.05, 0) is 61.5 Å². The Bertz CT molecular complexity index is 1170. The highest BCUT2D eigenvalue weighted by molar-refractivity contribution is 7.18. The molecule has 0 spiro atoms. The number of thiophene rings is 1. The van der Waals surface area contributed by atoms with Crippen molar-refractivity contribution < 1.29 is 9.90 Å². The van der Waals surface area contributed by atoms with E-state index in [1.165, 1.54) is 16.2 Å². The number of rotatable bonds is 5. The molecule has 164 valence electrons. The van der Waals surface area contributed by atoms with E-state index in [-0.39, 0.29) is 17.4 Å². The second-order valence-corrected chi connectivity index (χ2v) is 10.8. The maximum atomic E-state index is 13.3. The van der Waals surface area contributed by atoms with Crippen molar-refractivity contribution >= 4 is 27.5 Å². The monoisotopic (exact) mass is 439 g/mol. The molecule has 0 saturated carbocycles. The fourth-order valence-electron chi connectivity index (χ4n) is 4.46. The van der Waals surface area contributed by atoms with E-state index in [0.717, 1.165) is 40.6 Å². The first-order chi connectivity index (χ1) is 14.6. The summed E-state index contributed by atoms with van der Waals surface area (Å²) in [5, 5.41) is 18.7. The molecule has 2 aromatic heterocycles. The number of hydrogen-bond donors (Lipinski definition) is 1. The predicted octanol–water partition coefficient (Wildman–Crippen LogP) is 4.57. The van der Waals surface area contributed by atoms with Gasteiger partial charge in [-0.1, -0.05) is 55.8 Å². The summed E-state index contributed by atoms with van der Waals surface area (Å²) in [6.45, 7) is 8.79. The maximum Gasteiger partial charge on any atom is 0.328 e. The molecule has 31 heavy (non-hydrogen) atoms. The summed E-state index contributed by atoms with van der Waals surface area (Å²) in [6, 6.07) is 6.96. The molecule has 0 radical (unpaired) electrons. The molecule has 2 heterocycles. The molecule has 1 aromatic carbocycles. The van der Waals surface area contributed by atoms with Crippen molar-refractivity contribution in [3.63, 3.8) is 0 Å². The summed E-state index contributed by atoms with van der Waals surface area (Å²) in [5.41, 5.74) is 3.14. The Balaban J connectivity index is 1.67. The van der Waals surface area contributed by atoms with Crippen LogP contribution >= 0.6 is 11.3 Å². The van der Waals surface area contributed by atoms with Gasteiger partial charge in [0.1, 0.15) is 0 Å². The van der Waals surface area contributed by atoms with Gasteiger partial charge in [0.25, 0.3) is 5.56 Å². The molecule has 0 bridgehead atoms. The number of aliphatic carboxylic acids is 1. The highest BCUT2D eigenvalue weighted by Gasteiger charge is 2.33. The molecule has 1 aliphatic carbocycles. The smallest absolute Gasteiger partial charge is 0.328 e. The second kappa shape index (κ2) is 8.19. The molecule has 4 rings (SSSR count). The number of carboxylic acid groups (broad SMARTS) is 1. The van der Waals surface area contributed by atoms with Crippen molar-refractivity contribution in [1.29, 1.82) is 0 Å². The topological polar surface area (TPSA) is 85.1 Å². The lowest BCUT2D eigenvalue weighted by atomic mass is 9.72. The van der Waals surface area contributed by atoms with Gasteiger partial charge in [-0.15, -0.1) is 16.4 Å². The zero-order valence-corrected chi connectivity index (χ0v) is 19.3. The molecule has 0 saturated heterocycles. The van der Waals surface area contributed by atoms with Crippen molar-refractivity contribution in [3.05, 3.63) is 56.2 Å². The van der Waals surface area contributed by atoms with Crippen LogP contribution in [0.2, 0.25) is 0 Å². The largest absolute Gasteiger partial charge is 0.480 e. The highest BCUT2D eigenvalue weighted by atomic mass is 32.1. The molecule has 1 aliphatic rings. The van der Waals surface area contributed by atoms with Crippen LogP contribution in [0.25, 0.3) is 10.2 Å². The lowest BCUT2D eigenvalue weighted by molar-refractivity contribution is -0.141. The summed E-state index contributed by atoms with van der Waals surface area (Å²) in [4.78, 5) is 27.2. The quantitative estimate of drug-likeness (QED) is 0.629. The lowest BCUT2D eigenvalue weighted by Gasteiger charge is -2.33. The van der Waals surface area contributed by atoms with Gasteiger partial charge in [-0.3, -0.25) is 4.79 Å². The Labute approximate surface area is 185 Å². The summed E-state index contributed by atoms with van der Waals surface area (Å²) in [6.07, 6.45) is 3.64. The molecule has 3 aromatic rings. The van der Waals surface area contributed by atoms with E-state index in [4.69, 9.17) is 0 Å². The molecule has 7 heteroatoms. The standard InChI is InChI=1S/C24H29N3O3S/c1-14-5-7-15(8-6-14)9-12-18(23(29)30)27-22(28)20-17-11-10-16(24(2,3)4)13-19(17)31-21(20)25-26-27/h5-8,16,18H,9-13H2,1-4H3,(H,29,30). The number of benzene rings is 1. The Hall–Kier alpha value is -2.54. The van der Waals surface area contributed by atoms with Crippen LogP contribution in [0.3, 0.4) is 0 Å². The predicted molar refractivity (Wildman–Crippen MR) is 123 cm³/mol. The van der Waals surface area contributed by atoms with Crippen LogP contribution in [0.4, 0.5) is 0 Å². The number of hydrogen-bond acceptors (Lipinski definition) is 5. The highest BCUT2D eigenvalue weighted by Crippen LogP contribution is 2.41. The van der Waals surface area contributed by atoms with Gasteiger partial charge in [0.2, 0.25) is 0 Å². The first-order valence-corrected chi connectivity index (χ1v) is 11.6. The van der Waals surface area contributed by atoms with Gasteiger partial charge >= 0.3 is 5.97 Å². The number of nitrogens with zero attached hydrogens (tertiary/aromatic N) is 3. The third-order valence-corrected chi connectivity index (χ3v) is 7.67. The van der Waals surface area contributed by atoms with E-state index >= 15 is 0 Å². The Morgan fingerprint density at radius 3 is 2.65 bits per heavy atom. The molecule has 2 atom stereocenters. The number of carbonyl (C=O) groups is 1. The Morgan fingerprint density at radius 1 is 1.29 bits per heavy atom. The molecular weight excluding hydrogens is 410 g/mol. The van der Waals surface area contributed by atoms with Crippen molar-refractivity contribution in [3.8, 4) is 0 Å². The first kappa shape index (κ1) is 21.7. The molecule has 2 unspecified atom stereocenters. The van der Waals surface area contributed by atoms with Crippen LogP contribution in [0.15, 0.2) is 29.1 Å². The van der Waals surface area contributed by atoms with Gasteiger partial charge in [0, 0.05) is 4.88 Å². The van der Waals surface area contributed by atoms with Gasteiger partial charge in [-0.25, -0.2) is 4.79 Å². The normalized spacial score (nSPS) is 17.5. The minimum Gasteiger partial charge on any atom is -0.480 e. The van der Waals surface area contributed by atoms with Gasteiger partial charge in [-0.2, -0.15) is 4.68 Å². The Morgan fingerprint density at radius 2 is 2.00 bits per heavy atom. The SMILES string of the molecule is Cc1ccc(CCC(C(=O)O)n2nnc3sc4c(c3c2=O)CCC(C(C)(C)C)C4)cc1.